The molecule has 5 nitrogen and oxygen atoms in total. The summed E-state index contributed by atoms with van der Waals surface area (Å²) >= 11 is 1.40. The van der Waals surface area contributed by atoms with E-state index in [-0.39, 0.29) is 11.9 Å². The molecule has 1 amide bonds. The molecule has 1 heterocycles. The highest BCUT2D eigenvalue weighted by Crippen LogP contribution is 2.33. The number of methoxy groups -OCH3 is 1. The first-order valence-corrected chi connectivity index (χ1v) is 7.43. The molecule has 0 aliphatic rings. The number of aryl methyl sites for hydroxylation is 1. The second-order valence-corrected chi connectivity index (χ2v) is 5.91. The maximum atomic E-state index is 12.0. The third-order valence-electron chi connectivity index (χ3n) is 3.07. The van der Waals surface area contributed by atoms with Crippen LogP contribution in [-0.2, 0) is 9.53 Å². The standard InChI is InChI=1S/C14H22N2O3S/c1-6-15-8(2)7-11(17)16-13-12(14(18)19-5)9(3)10(4)20-13/h8,15H,6-7H2,1-5H3,(H,16,17). The Balaban J connectivity index is 2.84. The van der Waals surface area contributed by atoms with Crippen LogP contribution in [0.3, 0.4) is 0 Å². The van der Waals surface area contributed by atoms with E-state index in [2.05, 4.69) is 10.6 Å². The van der Waals surface area contributed by atoms with E-state index in [1.807, 2.05) is 27.7 Å². The van der Waals surface area contributed by atoms with Crippen molar-refractivity contribution in [3.8, 4) is 0 Å². The Bertz CT molecular complexity index is 497. The summed E-state index contributed by atoms with van der Waals surface area (Å²) in [5.74, 6) is -0.522. The van der Waals surface area contributed by atoms with Crippen LogP contribution in [0.4, 0.5) is 5.00 Å². The van der Waals surface area contributed by atoms with Gasteiger partial charge < -0.3 is 15.4 Å². The molecule has 0 fully saturated rings. The lowest BCUT2D eigenvalue weighted by molar-refractivity contribution is -0.116. The number of carbonyl (C=O) groups excluding carboxylic acids is 2. The topological polar surface area (TPSA) is 67.4 Å². The van der Waals surface area contributed by atoms with E-state index >= 15 is 0 Å². The van der Waals surface area contributed by atoms with Gasteiger partial charge in [-0.15, -0.1) is 11.3 Å². The quantitative estimate of drug-likeness (QED) is 0.792. The lowest BCUT2D eigenvalue weighted by Gasteiger charge is -2.12. The number of ether oxygens (including phenoxy) is 1. The van der Waals surface area contributed by atoms with Gasteiger partial charge in [0, 0.05) is 17.3 Å². The van der Waals surface area contributed by atoms with Crippen LogP contribution in [0.5, 0.6) is 0 Å². The molecule has 0 bridgehead atoms. The van der Waals surface area contributed by atoms with Crippen LogP contribution in [0.15, 0.2) is 0 Å². The molecule has 1 rings (SSSR count). The molecule has 20 heavy (non-hydrogen) atoms. The number of carbonyl (C=O) groups is 2. The summed E-state index contributed by atoms with van der Waals surface area (Å²) in [6.45, 7) is 8.54. The number of thiophene rings is 1. The van der Waals surface area contributed by atoms with Crippen molar-refractivity contribution in [2.45, 2.75) is 40.2 Å². The molecular formula is C14H22N2O3S. The van der Waals surface area contributed by atoms with E-state index in [0.717, 1.165) is 17.0 Å². The summed E-state index contributed by atoms with van der Waals surface area (Å²) in [5.41, 5.74) is 1.32. The van der Waals surface area contributed by atoms with Crippen LogP contribution in [0.25, 0.3) is 0 Å². The maximum Gasteiger partial charge on any atom is 0.341 e. The van der Waals surface area contributed by atoms with Crippen LogP contribution in [0.2, 0.25) is 0 Å². The first-order chi connectivity index (χ1) is 9.40. The van der Waals surface area contributed by atoms with Gasteiger partial charge in [0.1, 0.15) is 5.00 Å². The lowest BCUT2D eigenvalue weighted by Crippen LogP contribution is -2.30. The predicted octanol–water partition coefficient (Wildman–Crippen LogP) is 2.48. The fraction of sp³-hybridized carbons (Fsp3) is 0.571. The smallest absolute Gasteiger partial charge is 0.341 e. The zero-order valence-electron chi connectivity index (χ0n) is 12.6. The largest absolute Gasteiger partial charge is 0.465 e. The highest BCUT2D eigenvalue weighted by molar-refractivity contribution is 7.16. The van der Waals surface area contributed by atoms with Crippen molar-refractivity contribution in [2.75, 3.05) is 19.0 Å². The molecule has 0 saturated heterocycles. The Hall–Kier alpha value is -1.40. The summed E-state index contributed by atoms with van der Waals surface area (Å²) in [4.78, 5) is 24.8. The van der Waals surface area contributed by atoms with Crippen molar-refractivity contribution in [3.63, 3.8) is 0 Å². The van der Waals surface area contributed by atoms with Crippen LogP contribution in [-0.4, -0.2) is 31.6 Å². The molecule has 0 aliphatic heterocycles. The molecule has 112 valence electrons. The minimum atomic E-state index is -0.415. The van der Waals surface area contributed by atoms with Crippen LogP contribution < -0.4 is 10.6 Å². The van der Waals surface area contributed by atoms with E-state index in [1.165, 1.54) is 18.4 Å². The first-order valence-electron chi connectivity index (χ1n) is 6.62. The minimum absolute atomic E-state index is 0.101. The third-order valence-corrected chi connectivity index (χ3v) is 4.19. The molecule has 0 aliphatic carbocycles. The molecule has 0 aromatic carbocycles. The minimum Gasteiger partial charge on any atom is -0.465 e. The van der Waals surface area contributed by atoms with Crippen molar-refractivity contribution in [2.24, 2.45) is 0 Å². The lowest BCUT2D eigenvalue weighted by atomic mass is 10.1. The Morgan fingerprint density at radius 3 is 2.55 bits per heavy atom. The Kier molecular flexibility index (Phi) is 6.16. The van der Waals surface area contributed by atoms with Gasteiger partial charge in [-0.3, -0.25) is 4.79 Å². The summed E-state index contributed by atoms with van der Waals surface area (Å²) in [6, 6.07) is 0.101. The summed E-state index contributed by atoms with van der Waals surface area (Å²) < 4.78 is 4.78. The van der Waals surface area contributed by atoms with Crippen molar-refractivity contribution < 1.29 is 14.3 Å². The molecule has 0 spiro atoms. The molecule has 0 radical (unpaired) electrons. The van der Waals surface area contributed by atoms with Crippen LogP contribution in [0, 0.1) is 13.8 Å². The number of hydrogen-bond acceptors (Lipinski definition) is 5. The fourth-order valence-electron chi connectivity index (χ4n) is 1.94. The van der Waals surface area contributed by atoms with Gasteiger partial charge in [-0.25, -0.2) is 4.79 Å². The number of rotatable bonds is 6. The van der Waals surface area contributed by atoms with Gasteiger partial charge >= 0.3 is 5.97 Å². The molecule has 0 saturated carbocycles. The number of anilines is 1. The van der Waals surface area contributed by atoms with E-state index in [0.29, 0.717) is 17.0 Å². The third kappa shape index (κ3) is 4.05. The fourth-order valence-corrected chi connectivity index (χ4v) is 3.00. The van der Waals surface area contributed by atoms with Crippen molar-refractivity contribution in [3.05, 3.63) is 16.0 Å². The number of nitrogens with one attached hydrogen (secondary N) is 2. The number of amides is 1. The zero-order valence-corrected chi connectivity index (χ0v) is 13.4. The van der Waals surface area contributed by atoms with E-state index < -0.39 is 5.97 Å². The van der Waals surface area contributed by atoms with Gasteiger partial charge in [0.25, 0.3) is 0 Å². The Labute approximate surface area is 123 Å². The highest BCUT2D eigenvalue weighted by atomic mass is 32.1. The second kappa shape index (κ2) is 7.40. The highest BCUT2D eigenvalue weighted by Gasteiger charge is 2.21. The van der Waals surface area contributed by atoms with Gasteiger partial charge in [0.05, 0.1) is 12.7 Å². The first kappa shape index (κ1) is 16.7. The van der Waals surface area contributed by atoms with E-state index in [9.17, 15) is 9.59 Å². The van der Waals surface area contributed by atoms with E-state index in [1.54, 1.807) is 0 Å². The average Bonchev–Trinajstić information content (AvgIpc) is 2.64. The normalized spacial score (nSPS) is 12.1. The van der Waals surface area contributed by atoms with Crippen molar-refractivity contribution in [1.29, 1.82) is 0 Å². The molecule has 1 aromatic heterocycles. The van der Waals surface area contributed by atoms with Gasteiger partial charge in [-0.05, 0) is 32.9 Å². The van der Waals surface area contributed by atoms with Gasteiger partial charge in [0.2, 0.25) is 5.91 Å². The molecule has 1 atom stereocenters. The molecular weight excluding hydrogens is 276 g/mol. The zero-order chi connectivity index (χ0) is 15.3. The van der Waals surface area contributed by atoms with Crippen LogP contribution >= 0.6 is 11.3 Å². The molecule has 2 N–H and O–H groups in total. The summed E-state index contributed by atoms with van der Waals surface area (Å²) in [7, 11) is 1.34. The van der Waals surface area contributed by atoms with Gasteiger partial charge in [-0.2, -0.15) is 0 Å². The van der Waals surface area contributed by atoms with Crippen molar-refractivity contribution in [1.82, 2.24) is 5.32 Å². The van der Waals surface area contributed by atoms with Gasteiger partial charge in [0.15, 0.2) is 0 Å². The summed E-state index contributed by atoms with van der Waals surface area (Å²) in [6.07, 6.45) is 0.366. The average molecular weight is 298 g/mol. The monoisotopic (exact) mass is 298 g/mol. The predicted molar refractivity (Wildman–Crippen MR) is 81.5 cm³/mol. The van der Waals surface area contributed by atoms with Crippen LogP contribution in [0.1, 0.15) is 41.1 Å². The SMILES string of the molecule is CCNC(C)CC(=O)Nc1sc(C)c(C)c1C(=O)OC. The van der Waals surface area contributed by atoms with E-state index in [4.69, 9.17) is 4.74 Å². The second-order valence-electron chi connectivity index (χ2n) is 4.69. The Morgan fingerprint density at radius 1 is 1.35 bits per heavy atom. The number of esters is 1. The number of hydrogen-bond donors (Lipinski definition) is 2. The van der Waals surface area contributed by atoms with Gasteiger partial charge in [-0.1, -0.05) is 6.92 Å². The Morgan fingerprint density at radius 2 is 2.00 bits per heavy atom. The maximum absolute atomic E-state index is 12.0. The molecule has 1 unspecified atom stereocenters. The molecule has 6 heteroatoms. The van der Waals surface area contributed by atoms with Crippen molar-refractivity contribution >= 4 is 28.2 Å². The molecule has 1 aromatic rings. The summed E-state index contributed by atoms with van der Waals surface area (Å²) in [5, 5.41) is 6.56.